The van der Waals surface area contributed by atoms with Gasteiger partial charge in [0.25, 0.3) is 0 Å². The molecular formula is C41H30. The van der Waals surface area contributed by atoms with Crippen LogP contribution in [0.2, 0.25) is 0 Å². The fourth-order valence-corrected chi connectivity index (χ4v) is 6.82. The van der Waals surface area contributed by atoms with Gasteiger partial charge in [-0.15, -0.1) is 0 Å². The third kappa shape index (κ3) is 3.83. The van der Waals surface area contributed by atoms with Gasteiger partial charge in [0.1, 0.15) is 0 Å². The summed E-state index contributed by atoms with van der Waals surface area (Å²) in [5.74, 6) is 0. The lowest BCUT2D eigenvalue weighted by Gasteiger charge is -2.22. The van der Waals surface area contributed by atoms with Crippen LogP contribution in [0.25, 0.3) is 66.1 Å². The lowest BCUT2D eigenvalue weighted by Crippen LogP contribution is -2.14. The smallest absolute Gasteiger partial charge is 0.0159 e. The standard InChI is InChI=1S/C41H30/c1-41(2)39-15-9-8-14-36(39)37-21-20-32(26-40(37)41)38-25-34(24-31-12-6-7-13-35(31)38)30-19-17-28-16-18-29(22-33(28)23-30)27-10-4-3-5-11-27/h3-26H,1-2H3. The topological polar surface area (TPSA) is 0 Å². The van der Waals surface area contributed by atoms with Crippen LogP contribution in [0.1, 0.15) is 25.0 Å². The summed E-state index contributed by atoms with van der Waals surface area (Å²) < 4.78 is 0. The van der Waals surface area contributed by atoms with Gasteiger partial charge in [-0.05, 0) is 108 Å². The molecule has 7 aromatic carbocycles. The first kappa shape index (κ1) is 23.9. The molecule has 0 saturated heterocycles. The van der Waals surface area contributed by atoms with Crippen LogP contribution in [0.3, 0.4) is 0 Å². The van der Waals surface area contributed by atoms with Crippen molar-refractivity contribution in [2.75, 3.05) is 0 Å². The molecule has 1 aliphatic rings. The molecule has 0 N–H and O–H groups in total. The van der Waals surface area contributed by atoms with E-state index in [1.165, 1.54) is 77.2 Å². The van der Waals surface area contributed by atoms with E-state index in [1.54, 1.807) is 0 Å². The first-order valence-electron chi connectivity index (χ1n) is 14.4. The van der Waals surface area contributed by atoms with E-state index in [4.69, 9.17) is 0 Å². The van der Waals surface area contributed by atoms with Crippen LogP contribution < -0.4 is 0 Å². The van der Waals surface area contributed by atoms with Gasteiger partial charge in [0.05, 0.1) is 0 Å². The molecule has 7 aromatic rings. The zero-order valence-corrected chi connectivity index (χ0v) is 23.4. The molecule has 0 atom stereocenters. The normalized spacial score (nSPS) is 13.3. The first-order chi connectivity index (χ1) is 20.1. The Labute approximate surface area is 241 Å². The van der Waals surface area contributed by atoms with Crippen molar-refractivity contribution in [3.63, 3.8) is 0 Å². The highest BCUT2D eigenvalue weighted by atomic mass is 14.4. The number of hydrogen-bond donors (Lipinski definition) is 0. The van der Waals surface area contributed by atoms with E-state index < -0.39 is 0 Å². The average Bonchev–Trinajstić information content (AvgIpc) is 3.26. The monoisotopic (exact) mass is 522 g/mol. The molecule has 0 radical (unpaired) electrons. The number of fused-ring (bicyclic) bond motifs is 5. The van der Waals surface area contributed by atoms with Crippen LogP contribution in [0.4, 0.5) is 0 Å². The fraction of sp³-hybridized carbons (Fsp3) is 0.0732. The van der Waals surface area contributed by atoms with Crippen molar-refractivity contribution >= 4 is 21.5 Å². The largest absolute Gasteiger partial charge is 0.0622 e. The molecule has 41 heavy (non-hydrogen) atoms. The summed E-state index contributed by atoms with van der Waals surface area (Å²) in [5, 5.41) is 5.07. The van der Waals surface area contributed by atoms with Crippen molar-refractivity contribution in [3.05, 3.63) is 157 Å². The predicted molar refractivity (Wildman–Crippen MR) is 175 cm³/mol. The number of benzene rings is 7. The molecule has 0 amide bonds. The summed E-state index contributed by atoms with van der Waals surface area (Å²) in [6.07, 6.45) is 0. The Bertz CT molecular complexity index is 2110. The Balaban J connectivity index is 1.29. The van der Waals surface area contributed by atoms with E-state index in [0.29, 0.717) is 0 Å². The van der Waals surface area contributed by atoms with Crippen LogP contribution in [-0.4, -0.2) is 0 Å². The van der Waals surface area contributed by atoms with E-state index in [0.717, 1.165) is 0 Å². The minimum absolute atomic E-state index is 0.0237. The average molecular weight is 523 g/mol. The summed E-state index contributed by atoms with van der Waals surface area (Å²) in [6, 6.07) is 53.7. The van der Waals surface area contributed by atoms with E-state index in [-0.39, 0.29) is 5.41 Å². The SMILES string of the molecule is CC1(C)c2ccccc2-c2ccc(-c3cc(-c4ccc5ccc(-c6ccccc6)cc5c4)cc4ccccc34)cc21. The molecule has 0 aliphatic heterocycles. The van der Waals surface area contributed by atoms with Gasteiger partial charge in [-0.2, -0.15) is 0 Å². The maximum atomic E-state index is 2.44. The van der Waals surface area contributed by atoms with Gasteiger partial charge in [-0.1, -0.05) is 129 Å². The van der Waals surface area contributed by atoms with Crippen molar-refractivity contribution in [2.45, 2.75) is 19.3 Å². The van der Waals surface area contributed by atoms with Gasteiger partial charge >= 0.3 is 0 Å². The highest BCUT2D eigenvalue weighted by Gasteiger charge is 2.35. The van der Waals surface area contributed by atoms with Crippen molar-refractivity contribution < 1.29 is 0 Å². The fourth-order valence-electron chi connectivity index (χ4n) is 6.82. The molecule has 0 unspecified atom stereocenters. The van der Waals surface area contributed by atoms with Gasteiger partial charge in [-0.25, -0.2) is 0 Å². The van der Waals surface area contributed by atoms with Gasteiger partial charge in [0.15, 0.2) is 0 Å². The maximum Gasteiger partial charge on any atom is 0.0159 e. The molecule has 1 aliphatic carbocycles. The molecule has 0 bridgehead atoms. The zero-order chi connectivity index (χ0) is 27.6. The molecule has 0 heterocycles. The Hall–Kier alpha value is -4.94. The summed E-state index contributed by atoms with van der Waals surface area (Å²) >= 11 is 0. The Morgan fingerprint density at radius 3 is 1.80 bits per heavy atom. The molecule has 0 nitrogen and oxygen atoms in total. The third-order valence-electron chi connectivity index (χ3n) is 9.04. The minimum Gasteiger partial charge on any atom is -0.0622 e. The van der Waals surface area contributed by atoms with Gasteiger partial charge in [0.2, 0.25) is 0 Å². The van der Waals surface area contributed by atoms with Crippen molar-refractivity contribution in [1.82, 2.24) is 0 Å². The molecule has 0 aromatic heterocycles. The summed E-state index contributed by atoms with van der Waals surface area (Å²) in [7, 11) is 0. The Morgan fingerprint density at radius 2 is 0.976 bits per heavy atom. The highest BCUT2D eigenvalue weighted by molar-refractivity contribution is 6.01. The van der Waals surface area contributed by atoms with Crippen LogP contribution in [-0.2, 0) is 5.41 Å². The van der Waals surface area contributed by atoms with Crippen LogP contribution >= 0.6 is 0 Å². The third-order valence-corrected chi connectivity index (χ3v) is 9.04. The number of rotatable bonds is 3. The molecule has 0 saturated carbocycles. The van der Waals surface area contributed by atoms with Gasteiger partial charge in [-0.3, -0.25) is 0 Å². The summed E-state index contributed by atoms with van der Waals surface area (Å²) in [5.41, 5.74) is 13.1. The molecule has 194 valence electrons. The van der Waals surface area contributed by atoms with Crippen molar-refractivity contribution in [1.29, 1.82) is 0 Å². The summed E-state index contributed by atoms with van der Waals surface area (Å²) in [6.45, 7) is 4.71. The second-order valence-electron chi connectivity index (χ2n) is 11.8. The minimum atomic E-state index is -0.0237. The molecular weight excluding hydrogens is 492 g/mol. The lowest BCUT2D eigenvalue weighted by atomic mass is 9.81. The van der Waals surface area contributed by atoms with E-state index in [2.05, 4.69) is 159 Å². The van der Waals surface area contributed by atoms with Crippen LogP contribution in [0, 0.1) is 0 Å². The van der Waals surface area contributed by atoms with E-state index >= 15 is 0 Å². The molecule has 0 fully saturated rings. The van der Waals surface area contributed by atoms with Crippen LogP contribution in [0.15, 0.2) is 146 Å². The maximum absolute atomic E-state index is 2.44. The van der Waals surface area contributed by atoms with Crippen LogP contribution in [0.5, 0.6) is 0 Å². The van der Waals surface area contributed by atoms with Gasteiger partial charge in [0, 0.05) is 5.41 Å². The van der Waals surface area contributed by atoms with Gasteiger partial charge < -0.3 is 0 Å². The second-order valence-corrected chi connectivity index (χ2v) is 11.8. The molecule has 8 rings (SSSR count). The first-order valence-corrected chi connectivity index (χ1v) is 14.4. The zero-order valence-electron chi connectivity index (χ0n) is 23.4. The molecule has 0 spiro atoms. The quantitative estimate of drug-likeness (QED) is 0.216. The lowest BCUT2D eigenvalue weighted by molar-refractivity contribution is 0.660. The van der Waals surface area contributed by atoms with Crippen molar-refractivity contribution in [2.24, 2.45) is 0 Å². The Kier molecular flexibility index (Phi) is 5.27. The number of hydrogen-bond acceptors (Lipinski definition) is 0. The summed E-state index contributed by atoms with van der Waals surface area (Å²) in [4.78, 5) is 0. The van der Waals surface area contributed by atoms with E-state index in [9.17, 15) is 0 Å². The predicted octanol–water partition coefficient (Wildman–Crippen LogP) is 11.3. The Morgan fingerprint density at radius 1 is 0.341 bits per heavy atom. The highest BCUT2D eigenvalue weighted by Crippen LogP contribution is 2.50. The second kappa shape index (κ2) is 9.04. The molecule has 0 heteroatoms. The van der Waals surface area contributed by atoms with Crippen molar-refractivity contribution in [3.8, 4) is 44.5 Å². The van der Waals surface area contributed by atoms with E-state index in [1.807, 2.05) is 0 Å².